The third-order valence-corrected chi connectivity index (χ3v) is 3.89. The van der Waals surface area contributed by atoms with Crippen LogP contribution in [0.4, 0.5) is 5.69 Å². The van der Waals surface area contributed by atoms with E-state index in [9.17, 15) is 0 Å². The first-order valence-corrected chi connectivity index (χ1v) is 8.96. The lowest BCUT2D eigenvalue weighted by Gasteiger charge is -2.18. The summed E-state index contributed by atoms with van der Waals surface area (Å²) in [6.45, 7) is 1.08. The van der Waals surface area contributed by atoms with Gasteiger partial charge in [0, 0.05) is 12.1 Å². The third kappa shape index (κ3) is 4.71. The molecule has 5 heteroatoms. The number of rotatable bonds is 5. The lowest BCUT2D eigenvalue weighted by molar-refractivity contribution is 0.171. The van der Waals surface area contributed by atoms with Gasteiger partial charge in [0.2, 0.25) is 5.90 Å². The van der Waals surface area contributed by atoms with Crippen molar-refractivity contribution in [2.75, 3.05) is 13.2 Å². The molecule has 0 aromatic heterocycles. The number of para-hydroxylation sites is 2. The van der Waals surface area contributed by atoms with E-state index in [2.05, 4.69) is 4.99 Å². The first kappa shape index (κ1) is 17.7. The Morgan fingerprint density at radius 2 is 1.46 bits per heavy atom. The van der Waals surface area contributed by atoms with Gasteiger partial charge in [-0.2, -0.15) is 0 Å². The Kier molecular flexibility index (Phi) is 5.54. The van der Waals surface area contributed by atoms with Crippen molar-refractivity contribution in [2.24, 2.45) is 4.99 Å². The molecule has 0 atom stereocenters. The van der Waals surface area contributed by atoms with Crippen LogP contribution in [0, 0.1) is 0 Å². The lowest BCUT2D eigenvalue weighted by atomic mass is 10.2. The Hall–Kier alpha value is -3.73. The predicted octanol–water partition coefficient (Wildman–Crippen LogP) is 5.16. The van der Waals surface area contributed by atoms with Crippen molar-refractivity contribution in [3.63, 3.8) is 0 Å². The van der Waals surface area contributed by atoms with Crippen LogP contribution in [0.25, 0.3) is 0 Å². The van der Waals surface area contributed by atoms with Gasteiger partial charge in [-0.15, -0.1) is 0 Å². The maximum Gasteiger partial charge on any atom is 0.222 e. The van der Waals surface area contributed by atoms with E-state index >= 15 is 0 Å². The highest BCUT2D eigenvalue weighted by Crippen LogP contribution is 2.33. The summed E-state index contributed by atoms with van der Waals surface area (Å²) < 4.78 is 22.7. The number of benzene rings is 3. The average Bonchev–Trinajstić information content (AvgIpc) is 2.75. The van der Waals surface area contributed by atoms with E-state index in [0.717, 1.165) is 11.5 Å². The van der Waals surface area contributed by atoms with E-state index in [4.69, 9.17) is 18.9 Å². The quantitative estimate of drug-likeness (QED) is 0.352. The Bertz CT molecular complexity index is 968. The lowest BCUT2D eigenvalue weighted by Crippen LogP contribution is -2.15. The molecule has 0 fully saturated rings. The minimum Gasteiger partial charge on any atom is -0.486 e. The third-order valence-electron chi connectivity index (χ3n) is 3.89. The molecule has 0 bridgehead atoms. The van der Waals surface area contributed by atoms with E-state index in [0.29, 0.717) is 36.3 Å². The van der Waals surface area contributed by atoms with E-state index in [1.165, 1.54) is 0 Å². The van der Waals surface area contributed by atoms with Crippen LogP contribution >= 0.6 is 0 Å². The maximum atomic E-state index is 5.91. The molecule has 0 saturated heterocycles. The molecule has 28 heavy (non-hydrogen) atoms. The molecule has 3 aromatic carbocycles. The second kappa shape index (κ2) is 8.77. The van der Waals surface area contributed by atoms with Crippen LogP contribution in [0.5, 0.6) is 23.0 Å². The molecule has 0 amide bonds. The Morgan fingerprint density at radius 3 is 2.21 bits per heavy atom. The van der Waals surface area contributed by atoms with Gasteiger partial charge in [-0.25, -0.2) is 4.99 Å². The molecule has 0 radical (unpaired) electrons. The Morgan fingerprint density at radius 1 is 0.786 bits per heavy atom. The molecule has 0 spiro atoms. The molecular weight excluding hydrogens is 354 g/mol. The maximum absolute atomic E-state index is 5.91. The molecule has 5 nitrogen and oxygen atoms in total. The van der Waals surface area contributed by atoms with Crippen molar-refractivity contribution in [1.29, 1.82) is 0 Å². The average molecular weight is 373 g/mol. The number of ether oxygens (including phenoxy) is 4. The summed E-state index contributed by atoms with van der Waals surface area (Å²) in [4.78, 5) is 4.59. The topological polar surface area (TPSA) is 49.3 Å². The summed E-state index contributed by atoms with van der Waals surface area (Å²) in [6.07, 6.45) is 3.23. The van der Waals surface area contributed by atoms with Crippen LogP contribution in [-0.4, -0.2) is 19.1 Å². The van der Waals surface area contributed by atoms with Gasteiger partial charge >= 0.3 is 0 Å². The van der Waals surface area contributed by atoms with Gasteiger partial charge in [0.1, 0.15) is 24.7 Å². The second-order valence-electron chi connectivity index (χ2n) is 5.93. The van der Waals surface area contributed by atoms with E-state index in [-0.39, 0.29) is 0 Å². The van der Waals surface area contributed by atoms with E-state index in [1.807, 2.05) is 78.9 Å². The molecule has 4 rings (SSSR count). The van der Waals surface area contributed by atoms with Crippen LogP contribution in [0.15, 0.2) is 96.2 Å². The zero-order valence-corrected chi connectivity index (χ0v) is 15.2. The number of hydrogen-bond donors (Lipinski definition) is 0. The fourth-order valence-corrected chi connectivity index (χ4v) is 2.60. The zero-order valence-electron chi connectivity index (χ0n) is 15.2. The summed E-state index contributed by atoms with van der Waals surface area (Å²) in [6, 6.07) is 24.5. The summed E-state index contributed by atoms with van der Waals surface area (Å²) in [5, 5.41) is 0. The monoisotopic (exact) mass is 373 g/mol. The fraction of sp³-hybridized carbons (Fsp3) is 0.0870. The highest BCUT2D eigenvalue weighted by Gasteiger charge is 2.12. The molecule has 1 aliphatic rings. The first-order chi connectivity index (χ1) is 13.9. The molecule has 1 aliphatic heterocycles. The predicted molar refractivity (Wildman–Crippen MR) is 108 cm³/mol. The van der Waals surface area contributed by atoms with Crippen molar-refractivity contribution < 1.29 is 18.9 Å². The van der Waals surface area contributed by atoms with E-state index < -0.39 is 0 Å². The number of fused-ring (bicyclic) bond motifs is 1. The van der Waals surface area contributed by atoms with E-state index in [1.54, 1.807) is 12.3 Å². The fourth-order valence-electron chi connectivity index (χ4n) is 2.60. The van der Waals surface area contributed by atoms with Crippen LogP contribution < -0.4 is 18.9 Å². The smallest absolute Gasteiger partial charge is 0.222 e. The summed E-state index contributed by atoms with van der Waals surface area (Å²) in [7, 11) is 0. The van der Waals surface area contributed by atoms with Crippen molar-refractivity contribution >= 4 is 11.6 Å². The zero-order chi connectivity index (χ0) is 19.0. The minimum atomic E-state index is 0.388. The molecule has 0 aliphatic carbocycles. The van der Waals surface area contributed by atoms with Gasteiger partial charge < -0.3 is 18.9 Å². The standard InChI is InChI=1S/C23H19NO4/c1-3-7-19(8-4-1)25-14-13-23(28-20-9-5-2-6-10-20)24-18-11-12-21-22(17-18)27-16-15-26-21/h1-14,17H,15-16H2. The molecule has 3 aromatic rings. The number of nitrogens with zero attached hydrogens (tertiary/aromatic N) is 1. The van der Waals surface area contributed by atoms with Gasteiger partial charge in [-0.1, -0.05) is 36.4 Å². The van der Waals surface area contributed by atoms with Crippen LogP contribution in [-0.2, 0) is 0 Å². The molecule has 0 N–H and O–H groups in total. The largest absolute Gasteiger partial charge is 0.486 e. The van der Waals surface area contributed by atoms with Crippen LogP contribution in [0.3, 0.4) is 0 Å². The molecule has 0 unspecified atom stereocenters. The minimum absolute atomic E-state index is 0.388. The summed E-state index contributed by atoms with van der Waals surface area (Å²) in [5.74, 6) is 3.20. The summed E-state index contributed by atoms with van der Waals surface area (Å²) >= 11 is 0. The Balaban J connectivity index is 1.57. The highest BCUT2D eigenvalue weighted by atomic mass is 16.6. The molecular formula is C23H19NO4. The van der Waals surface area contributed by atoms with Crippen LogP contribution in [0.1, 0.15) is 0 Å². The van der Waals surface area contributed by atoms with Gasteiger partial charge in [-0.05, 0) is 36.4 Å². The van der Waals surface area contributed by atoms with Gasteiger partial charge in [0.05, 0.1) is 11.9 Å². The number of aliphatic imine (C=N–C) groups is 1. The summed E-state index contributed by atoms with van der Waals surface area (Å²) in [5.41, 5.74) is 0.694. The van der Waals surface area contributed by atoms with Gasteiger partial charge in [0.15, 0.2) is 11.5 Å². The first-order valence-electron chi connectivity index (χ1n) is 8.96. The molecule has 1 heterocycles. The molecule has 140 valence electrons. The van der Waals surface area contributed by atoms with Crippen molar-refractivity contribution in [2.45, 2.75) is 0 Å². The van der Waals surface area contributed by atoms with Crippen molar-refractivity contribution in [3.05, 3.63) is 91.2 Å². The molecule has 0 saturated carbocycles. The normalized spacial score (nSPS) is 13.4. The number of hydrogen-bond acceptors (Lipinski definition) is 5. The SMILES string of the molecule is C(=CC(=Nc1ccc2c(c1)OCCO2)Oc1ccccc1)Oc1ccccc1. The van der Waals surface area contributed by atoms with Gasteiger partial charge in [0.25, 0.3) is 0 Å². The Labute approximate surface area is 163 Å². The van der Waals surface area contributed by atoms with Crippen molar-refractivity contribution in [3.8, 4) is 23.0 Å². The second-order valence-corrected chi connectivity index (χ2v) is 5.93. The van der Waals surface area contributed by atoms with Crippen molar-refractivity contribution in [1.82, 2.24) is 0 Å². The van der Waals surface area contributed by atoms with Gasteiger partial charge in [-0.3, -0.25) is 0 Å². The highest BCUT2D eigenvalue weighted by molar-refractivity contribution is 5.91. The van der Waals surface area contributed by atoms with Crippen LogP contribution in [0.2, 0.25) is 0 Å².